The molecule has 1 amide bonds. The van der Waals surface area contributed by atoms with Crippen molar-refractivity contribution in [2.45, 2.75) is 45.1 Å². The molecule has 3 aromatic carbocycles. The van der Waals surface area contributed by atoms with Crippen LogP contribution in [0.2, 0.25) is 0 Å². The minimum atomic E-state index is -0.101. The fourth-order valence-electron chi connectivity index (χ4n) is 5.18. The van der Waals surface area contributed by atoms with Crippen LogP contribution in [0.1, 0.15) is 46.6 Å². The fourth-order valence-corrected chi connectivity index (χ4v) is 5.18. The zero-order valence-corrected chi connectivity index (χ0v) is 18.5. The first kappa shape index (κ1) is 19.9. The van der Waals surface area contributed by atoms with Crippen molar-refractivity contribution in [2.75, 3.05) is 4.90 Å². The van der Waals surface area contributed by atoms with Crippen molar-refractivity contribution in [3.63, 3.8) is 0 Å². The molecule has 0 saturated carbocycles. The van der Waals surface area contributed by atoms with Crippen molar-refractivity contribution in [3.05, 3.63) is 99.6 Å². The first-order valence-electron chi connectivity index (χ1n) is 11.7. The van der Waals surface area contributed by atoms with Crippen LogP contribution in [0.4, 0.5) is 11.4 Å². The van der Waals surface area contributed by atoms with Crippen LogP contribution in [0.3, 0.4) is 0 Å². The van der Waals surface area contributed by atoms with Gasteiger partial charge in [-0.05, 0) is 67.1 Å². The molecule has 0 N–H and O–H groups in total. The van der Waals surface area contributed by atoms with Crippen LogP contribution < -0.4 is 10.5 Å². The predicted octanol–water partition coefficient (Wildman–Crippen LogP) is 5.20. The molecule has 0 unspecified atom stereocenters. The Morgan fingerprint density at radius 1 is 0.788 bits per heavy atom. The molecule has 0 radical (unpaired) electrons. The van der Waals surface area contributed by atoms with Crippen molar-refractivity contribution in [3.8, 4) is 0 Å². The summed E-state index contributed by atoms with van der Waals surface area (Å²) in [6.07, 6.45) is 5.73. The first-order chi connectivity index (χ1) is 16.2. The largest absolute Gasteiger partial charge is 0.296 e. The summed E-state index contributed by atoms with van der Waals surface area (Å²) in [5.41, 5.74) is 5.30. The lowest BCUT2D eigenvalue weighted by molar-refractivity contribution is 0.0999. The zero-order chi connectivity index (χ0) is 22.4. The van der Waals surface area contributed by atoms with Crippen LogP contribution in [0, 0.1) is 0 Å². The Kier molecular flexibility index (Phi) is 4.83. The van der Waals surface area contributed by atoms with E-state index in [1.807, 2.05) is 45.9 Å². The molecular formula is C28H25N3O2. The highest BCUT2D eigenvalue weighted by molar-refractivity contribution is 6.13. The van der Waals surface area contributed by atoms with Gasteiger partial charge in [-0.3, -0.25) is 19.1 Å². The average Bonchev–Trinajstić information content (AvgIpc) is 3.18. The minimum absolute atomic E-state index is 0.00126. The number of para-hydroxylation sites is 2. The topological polar surface area (TPSA) is 55.2 Å². The van der Waals surface area contributed by atoms with E-state index >= 15 is 0 Å². The summed E-state index contributed by atoms with van der Waals surface area (Å²) in [5, 5.41) is 0.578. The second-order valence-electron chi connectivity index (χ2n) is 8.93. The lowest BCUT2D eigenvalue weighted by atomic mass is 10.0. The van der Waals surface area contributed by atoms with Crippen LogP contribution in [-0.2, 0) is 25.8 Å². The molecule has 3 heterocycles. The Hall–Kier alpha value is -3.73. The number of rotatable bonds is 1. The molecule has 0 fully saturated rings. The van der Waals surface area contributed by atoms with Crippen molar-refractivity contribution < 1.29 is 4.79 Å². The van der Waals surface area contributed by atoms with E-state index in [9.17, 15) is 9.59 Å². The summed E-state index contributed by atoms with van der Waals surface area (Å²) in [6.45, 7) is 0.721. The summed E-state index contributed by atoms with van der Waals surface area (Å²) < 4.78 is 1.82. The molecule has 6 rings (SSSR count). The average molecular weight is 436 g/mol. The Labute approximate surface area is 192 Å². The molecule has 2 aliphatic heterocycles. The van der Waals surface area contributed by atoms with E-state index < -0.39 is 0 Å². The van der Waals surface area contributed by atoms with Gasteiger partial charge in [-0.1, -0.05) is 42.8 Å². The maximum atomic E-state index is 14.0. The van der Waals surface area contributed by atoms with E-state index in [1.54, 1.807) is 18.2 Å². The van der Waals surface area contributed by atoms with E-state index in [0.717, 1.165) is 73.4 Å². The molecule has 0 atom stereocenters. The summed E-state index contributed by atoms with van der Waals surface area (Å²) in [7, 11) is 0. The smallest absolute Gasteiger partial charge is 0.262 e. The van der Waals surface area contributed by atoms with Gasteiger partial charge >= 0.3 is 0 Å². The Morgan fingerprint density at radius 2 is 1.48 bits per heavy atom. The number of hydrogen-bond acceptors (Lipinski definition) is 3. The molecule has 0 spiro atoms. The van der Waals surface area contributed by atoms with Crippen LogP contribution in [0.15, 0.2) is 71.5 Å². The monoisotopic (exact) mass is 435 g/mol. The highest BCUT2D eigenvalue weighted by Crippen LogP contribution is 2.37. The van der Waals surface area contributed by atoms with Gasteiger partial charge in [0.05, 0.1) is 22.3 Å². The lowest BCUT2D eigenvalue weighted by Crippen LogP contribution is -2.27. The Bertz CT molecular complexity index is 1410. The van der Waals surface area contributed by atoms with Gasteiger partial charge in [0.1, 0.15) is 5.82 Å². The molecule has 5 nitrogen and oxygen atoms in total. The van der Waals surface area contributed by atoms with Crippen LogP contribution in [0.5, 0.6) is 0 Å². The number of carbonyl (C=O) groups is 1. The van der Waals surface area contributed by atoms with Gasteiger partial charge in [-0.25, -0.2) is 4.98 Å². The lowest BCUT2D eigenvalue weighted by Gasteiger charge is -2.25. The van der Waals surface area contributed by atoms with E-state index in [1.165, 1.54) is 0 Å². The molecule has 0 aliphatic carbocycles. The van der Waals surface area contributed by atoms with Crippen LogP contribution in [-0.4, -0.2) is 15.5 Å². The third-order valence-electron chi connectivity index (χ3n) is 6.90. The zero-order valence-electron chi connectivity index (χ0n) is 18.5. The number of anilines is 2. The summed E-state index contributed by atoms with van der Waals surface area (Å²) in [6, 6.07) is 21.6. The molecule has 164 valence electrons. The van der Waals surface area contributed by atoms with Crippen molar-refractivity contribution >= 4 is 28.2 Å². The molecule has 2 aliphatic rings. The van der Waals surface area contributed by atoms with E-state index in [2.05, 4.69) is 12.1 Å². The Balaban J connectivity index is 1.50. The maximum Gasteiger partial charge on any atom is 0.262 e. The van der Waals surface area contributed by atoms with Gasteiger partial charge in [0.15, 0.2) is 0 Å². The minimum Gasteiger partial charge on any atom is -0.296 e. The second kappa shape index (κ2) is 8.00. The van der Waals surface area contributed by atoms with Gasteiger partial charge in [-0.2, -0.15) is 0 Å². The quantitative estimate of drug-likeness (QED) is 0.413. The standard InChI is InChI=1S/C28H25N3O2/c32-27(31-24-10-5-3-8-19(24)13-14-20-9-4-6-11-25(20)31)21-15-16-22-23(18-21)29-26-12-2-1-7-17-30(26)28(22)33/h3-6,8-11,15-16,18H,1-2,7,12-14,17H2. The number of fused-ring (bicyclic) bond motifs is 4. The number of carbonyl (C=O) groups excluding carboxylic acids is 1. The molecule has 33 heavy (non-hydrogen) atoms. The molecule has 5 heteroatoms. The summed E-state index contributed by atoms with van der Waals surface area (Å²) in [4.78, 5) is 33.7. The highest BCUT2D eigenvalue weighted by atomic mass is 16.2. The van der Waals surface area contributed by atoms with Crippen molar-refractivity contribution in [2.24, 2.45) is 0 Å². The Morgan fingerprint density at radius 3 is 2.21 bits per heavy atom. The SMILES string of the molecule is O=C(c1ccc2c(=O)n3c(nc2c1)CCCCC3)N1c2ccccc2CCc2ccccc21. The molecule has 0 bridgehead atoms. The van der Waals surface area contributed by atoms with Gasteiger partial charge in [0.2, 0.25) is 0 Å². The third-order valence-corrected chi connectivity index (χ3v) is 6.90. The number of amides is 1. The summed E-state index contributed by atoms with van der Waals surface area (Å²) >= 11 is 0. The number of aryl methyl sites for hydroxylation is 3. The van der Waals surface area contributed by atoms with E-state index in [-0.39, 0.29) is 11.5 Å². The molecule has 1 aromatic heterocycles. The number of nitrogens with zero attached hydrogens (tertiary/aromatic N) is 3. The normalized spacial score (nSPS) is 15.2. The van der Waals surface area contributed by atoms with Crippen LogP contribution in [0.25, 0.3) is 10.9 Å². The highest BCUT2D eigenvalue weighted by Gasteiger charge is 2.27. The van der Waals surface area contributed by atoms with Gasteiger partial charge < -0.3 is 0 Å². The summed E-state index contributed by atoms with van der Waals surface area (Å²) in [5.74, 6) is 0.732. The molecule has 4 aromatic rings. The number of hydrogen-bond donors (Lipinski definition) is 0. The van der Waals surface area contributed by atoms with Crippen LogP contribution >= 0.6 is 0 Å². The maximum absolute atomic E-state index is 14.0. The molecule has 0 saturated heterocycles. The predicted molar refractivity (Wildman–Crippen MR) is 130 cm³/mol. The van der Waals surface area contributed by atoms with Gasteiger partial charge in [0.25, 0.3) is 11.5 Å². The first-order valence-corrected chi connectivity index (χ1v) is 11.7. The van der Waals surface area contributed by atoms with Crippen molar-refractivity contribution in [1.29, 1.82) is 0 Å². The second-order valence-corrected chi connectivity index (χ2v) is 8.93. The van der Waals surface area contributed by atoms with Crippen molar-refractivity contribution in [1.82, 2.24) is 9.55 Å². The fraction of sp³-hybridized carbons (Fsp3) is 0.250. The van der Waals surface area contributed by atoms with E-state index in [4.69, 9.17) is 4.98 Å². The number of aromatic nitrogens is 2. The molecular weight excluding hydrogens is 410 g/mol. The van der Waals surface area contributed by atoms with Gasteiger partial charge in [-0.15, -0.1) is 0 Å². The number of benzene rings is 3. The third kappa shape index (κ3) is 3.35. The van der Waals surface area contributed by atoms with Gasteiger partial charge in [0, 0.05) is 18.5 Å². The van der Waals surface area contributed by atoms with E-state index in [0.29, 0.717) is 16.5 Å².